The van der Waals surface area contributed by atoms with Gasteiger partial charge >= 0.3 is 0 Å². The van der Waals surface area contributed by atoms with E-state index in [2.05, 4.69) is 5.32 Å². The monoisotopic (exact) mass is 448 g/mol. The lowest BCUT2D eigenvalue weighted by atomic mass is 10.2. The summed E-state index contributed by atoms with van der Waals surface area (Å²) in [7, 11) is -0.679. The molecule has 168 valence electrons. The number of para-hydroxylation sites is 2. The number of amides is 1. The van der Waals surface area contributed by atoms with Crippen LogP contribution < -0.4 is 19.5 Å². The van der Waals surface area contributed by atoms with E-state index in [-0.39, 0.29) is 17.2 Å². The lowest BCUT2D eigenvalue weighted by molar-refractivity contribution is -0.118. The van der Waals surface area contributed by atoms with Crippen LogP contribution in [0.15, 0.2) is 47.4 Å². The van der Waals surface area contributed by atoms with Gasteiger partial charge in [0.1, 0.15) is 5.75 Å². The topological polar surface area (TPSA) is 94.2 Å². The van der Waals surface area contributed by atoms with Gasteiger partial charge in [-0.1, -0.05) is 25.0 Å². The minimum atomic E-state index is -3.65. The number of methoxy groups -OCH3 is 2. The fourth-order valence-corrected chi connectivity index (χ4v) is 4.99. The van der Waals surface area contributed by atoms with Gasteiger partial charge in [-0.3, -0.25) is 4.79 Å². The van der Waals surface area contributed by atoms with E-state index in [0.717, 1.165) is 25.7 Å². The summed E-state index contributed by atoms with van der Waals surface area (Å²) in [4.78, 5) is 12.6. The molecule has 3 rings (SSSR count). The van der Waals surface area contributed by atoms with E-state index < -0.39 is 15.9 Å². The van der Waals surface area contributed by atoms with E-state index >= 15 is 0 Å². The van der Waals surface area contributed by atoms with E-state index in [1.54, 1.807) is 30.3 Å². The highest BCUT2D eigenvalue weighted by Crippen LogP contribution is 2.30. The summed E-state index contributed by atoms with van der Waals surface area (Å²) in [6.45, 7) is 0.734. The smallest absolute Gasteiger partial charge is 0.262 e. The minimum absolute atomic E-state index is 0.121. The van der Waals surface area contributed by atoms with Crippen molar-refractivity contribution in [1.29, 1.82) is 0 Å². The summed E-state index contributed by atoms with van der Waals surface area (Å²) in [6, 6.07) is 11.5. The first-order chi connectivity index (χ1) is 15.0. The van der Waals surface area contributed by atoms with Gasteiger partial charge in [0.05, 0.1) is 24.8 Å². The minimum Gasteiger partial charge on any atom is -0.495 e. The molecule has 1 amide bonds. The first-order valence-corrected chi connectivity index (χ1v) is 11.6. The average Bonchev–Trinajstić information content (AvgIpc) is 3.08. The van der Waals surface area contributed by atoms with Crippen molar-refractivity contribution in [2.75, 3.05) is 39.2 Å². The van der Waals surface area contributed by atoms with Gasteiger partial charge in [0.2, 0.25) is 10.0 Å². The van der Waals surface area contributed by atoms with Crippen LogP contribution in [0.5, 0.6) is 17.2 Å². The second-order valence-corrected chi connectivity index (χ2v) is 9.11. The molecule has 0 aromatic heterocycles. The molecular formula is C22H28N2O6S. The molecule has 1 saturated heterocycles. The molecule has 8 nitrogen and oxygen atoms in total. The van der Waals surface area contributed by atoms with Crippen molar-refractivity contribution in [2.24, 2.45) is 0 Å². The van der Waals surface area contributed by atoms with Crippen LogP contribution in [-0.4, -0.2) is 52.5 Å². The predicted molar refractivity (Wildman–Crippen MR) is 117 cm³/mol. The number of carbonyl (C=O) groups is 1. The number of sulfonamides is 1. The highest BCUT2D eigenvalue weighted by Gasteiger charge is 2.26. The molecule has 0 aliphatic carbocycles. The van der Waals surface area contributed by atoms with E-state index in [1.807, 2.05) is 0 Å². The molecule has 1 N–H and O–H groups in total. The normalized spacial score (nSPS) is 15.0. The largest absolute Gasteiger partial charge is 0.495 e. The number of benzene rings is 2. The first kappa shape index (κ1) is 22.9. The Hall–Kier alpha value is -2.78. The van der Waals surface area contributed by atoms with Gasteiger partial charge < -0.3 is 19.5 Å². The van der Waals surface area contributed by atoms with Gasteiger partial charge in [-0.05, 0) is 43.2 Å². The fourth-order valence-electron chi connectivity index (χ4n) is 3.44. The summed E-state index contributed by atoms with van der Waals surface area (Å²) < 4.78 is 43.7. The number of hydrogen-bond donors (Lipinski definition) is 1. The van der Waals surface area contributed by atoms with Crippen molar-refractivity contribution in [2.45, 2.75) is 30.6 Å². The Morgan fingerprint density at radius 2 is 1.58 bits per heavy atom. The van der Waals surface area contributed by atoms with Crippen LogP contribution in [-0.2, 0) is 14.8 Å². The van der Waals surface area contributed by atoms with Crippen LogP contribution in [0.25, 0.3) is 0 Å². The highest BCUT2D eigenvalue weighted by molar-refractivity contribution is 7.89. The van der Waals surface area contributed by atoms with Crippen LogP contribution in [0.2, 0.25) is 0 Å². The molecule has 1 fully saturated rings. The standard InChI is InChI=1S/C22H28N2O6S/c1-28-19-12-11-17(31(26,27)24-13-7-3-4-8-14-24)15-18(19)23-22(25)16-30-21-10-6-5-9-20(21)29-2/h5-6,9-12,15H,3-4,7-8,13-14,16H2,1-2H3,(H,23,25). The summed E-state index contributed by atoms with van der Waals surface area (Å²) in [5.41, 5.74) is 0.270. The maximum absolute atomic E-state index is 13.1. The van der Waals surface area contributed by atoms with Crippen LogP contribution >= 0.6 is 0 Å². The lowest BCUT2D eigenvalue weighted by Crippen LogP contribution is -2.32. The molecular weight excluding hydrogens is 420 g/mol. The van der Waals surface area contributed by atoms with Crippen LogP contribution in [0.3, 0.4) is 0 Å². The quantitative estimate of drug-likeness (QED) is 0.666. The molecule has 9 heteroatoms. The Bertz CT molecular complexity index is 1000. The molecule has 1 aliphatic rings. The molecule has 1 aliphatic heterocycles. The zero-order valence-electron chi connectivity index (χ0n) is 17.8. The predicted octanol–water partition coefficient (Wildman–Crippen LogP) is 3.29. The number of anilines is 1. The zero-order valence-corrected chi connectivity index (χ0v) is 18.6. The Labute approximate surface area is 183 Å². The zero-order chi connectivity index (χ0) is 22.3. The van der Waals surface area contributed by atoms with Crippen LogP contribution in [0, 0.1) is 0 Å². The Kier molecular flexibility index (Phi) is 7.75. The average molecular weight is 449 g/mol. The van der Waals surface area contributed by atoms with Crippen LogP contribution in [0.1, 0.15) is 25.7 Å². The molecule has 0 unspecified atom stereocenters. The molecule has 0 bridgehead atoms. The summed E-state index contributed by atoms with van der Waals surface area (Å²) in [6.07, 6.45) is 3.75. The van der Waals surface area contributed by atoms with E-state index in [9.17, 15) is 13.2 Å². The van der Waals surface area contributed by atoms with Crippen molar-refractivity contribution in [3.05, 3.63) is 42.5 Å². The van der Waals surface area contributed by atoms with E-state index in [1.165, 1.54) is 30.7 Å². The maximum Gasteiger partial charge on any atom is 0.262 e. The number of nitrogens with zero attached hydrogens (tertiary/aromatic N) is 1. The van der Waals surface area contributed by atoms with Crippen molar-refractivity contribution < 1.29 is 27.4 Å². The van der Waals surface area contributed by atoms with Gasteiger partial charge in [0, 0.05) is 13.1 Å². The second kappa shape index (κ2) is 10.5. The first-order valence-electron chi connectivity index (χ1n) is 10.2. The van der Waals surface area contributed by atoms with Gasteiger partial charge in [-0.15, -0.1) is 0 Å². The van der Waals surface area contributed by atoms with Crippen LogP contribution in [0.4, 0.5) is 5.69 Å². The van der Waals surface area contributed by atoms with E-state index in [4.69, 9.17) is 14.2 Å². The summed E-state index contributed by atoms with van der Waals surface area (Å²) in [5, 5.41) is 2.68. The number of ether oxygens (including phenoxy) is 3. The van der Waals surface area contributed by atoms with E-state index in [0.29, 0.717) is 30.3 Å². The molecule has 2 aromatic rings. The van der Waals surface area contributed by atoms with Gasteiger partial charge in [0.15, 0.2) is 18.1 Å². The molecule has 0 atom stereocenters. The summed E-state index contributed by atoms with van der Waals surface area (Å²) >= 11 is 0. The third-order valence-electron chi connectivity index (χ3n) is 5.08. The van der Waals surface area contributed by atoms with Crippen molar-refractivity contribution in [1.82, 2.24) is 4.31 Å². The van der Waals surface area contributed by atoms with Crippen molar-refractivity contribution >= 4 is 21.6 Å². The van der Waals surface area contributed by atoms with Gasteiger partial charge in [0.25, 0.3) is 5.91 Å². The number of hydrogen-bond acceptors (Lipinski definition) is 6. The Morgan fingerprint density at radius 3 is 2.23 bits per heavy atom. The molecule has 1 heterocycles. The Balaban J connectivity index is 1.75. The molecule has 0 saturated carbocycles. The number of carbonyl (C=O) groups excluding carboxylic acids is 1. The fraction of sp³-hybridized carbons (Fsp3) is 0.409. The molecule has 0 spiro atoms. The maximum atomic E-state index is 13.1. The second-order valence-electron chi connectivity index (χ2n) is 7.17. The Morgan fingerprint density at radius 1 is 0.935 bits per heavy atom. The summed E-state index contributed by atoms with van der Waals surface area (Å²) in [5.74, 6) is 0.858. The SMILES string of the molecule is COc1ccc(S(=O)(=O)N2CCCCCC2)cc1NC(=O)COc1ccccc1OC. The lowest BCUT2D eigenvalue weighted by Gasteiger charge is -2.21. The van der Waals surface area contributed by atoms with Crippen molar-refractivity contribution in [3.8, 4) is 17.2 Å². The number of nitrogens with one attached hydrogen (secondary N) is 1. The molecule has 31 heavy (non-hydrogen) atoms. The molecule has 0 radical (unpaired) electrons. The highest BCUT2D eigenvalue weighted by atomic mass is 32.2. The third-order valence-corrected chi connectivity index (χ3v) is 6.97. The number of rotatable bonds is 8. The van der Waals surface area contributed by atoms with Gasteiger partial charge in [-0.25, -0.2) is 8.42 Å². The van der Waals surface area contributed by atoms with Gasteiger partial charge in [-0.2, -0.15) is 4.31 Å². The molecule has 2 aromatic carbocycles. The third kappa shape index (κ3) is 5.68. The van der Waals surface area contributed by atoms with Crippen molar-refractivity contribution in [3.63, 3.8) is 0 Å².